The Morgan fingerprint density at radius 1 is 1.06 bits per heavy atom. The summed E-state index contributed by atoms with van der Waals surface area (Å²) < 4.78 is 8.14. The Morgan fingerprint density at radius 3 is 2.39 bits per heavy atom. The molecule has 0 saturated heterocycles. The van der Waals surface area contributed by atoms with Gasteiger partial charge in [-0.15, -0.1) is 0 Å². The molecule has 0 aliphatic rings. The Morgan fingerprint density at radius 2 is 1.72 bits per heavy atom. The number of benzene rings is 2. The van der Waals surface area contributed by atoms with Gasteiger partial charge in [0.15, 0.2) is 0 Å². The van der Waals surface area contributed by atoms with Gasteiger partial charge < -0.3 is 0 Å². The second-order valence-corrected chi connectivity index (χ2v) is 4.27. The van der Waals surface area contributed by atoms with Crippen LogP contribution in [0.25, 0.3) is 22.2 Å². The Labute approximate surface area is 106 Å². The summed E-state index contributed by atoms with van der Waals surface area (Å²) in [5.74, 6) is 0. The molecule has 0 radical (unpaired) electrons. The van der Waals surface area contributed by atoms with E-state index in [9.17, 15) is 10.1 Å². The van der Waals surface area contributed by atoms with Crippen LogP contribution >= 0.6 is 11.7 Å². The van der Waals surface area contributed by atoms with Crippen LogP contribution in [0.5, 0.6) is 0 Å². The quantitative estimate of drug-likeness (QED) is 0.522. The minimum atomic E-state index is -0.388. The number of nitrogens with zero attached hydrogens (tertiary/aromatic N) is 3. The third-order valence-electron chi connectivity index (χ3n) is 2.65. The van der Waals surface area contributed by atoms with Crippen LogP contribution in [-0.2, 0) is 0 Å². The number of hydrogen-bond acceptors (Lipinski definition) is 5. The number of rotatable bonds is 2. The van der Waals surface area contributed by atoms with Gasteiger partial charge in [0.2, 0.25) is 0 Å². The Balaban J connectivity index is 2.32. The Kier molecular flexibility index (Phi) is 2.49. The van der Waals surface area contributed by atoms with E-state index in [-0.39, 0.29) is 10.6 Å². The molecule has 0 amide bonds. The predicted molar refractivity (Wildman–Crippen MR) is 69.5 cm³/mol. The molecular weight excluding hydrogens is 250 g/mol. The van der Waals surface area contributed by atoms with Crippen molar-refractivity contribution in [2.45, 2.75) is 0 Å². The highest BCUT2D eigenvalue weighted by Crippen LogP contribution is 2.33. The monoisotopic (exact) mass is 257 g/mol. The summed E-state index contributed by atoms with van der Waals surface area (Å²) in [6.07, 6.45) is 0. The van der Waals surface area contributed by atoms with Gasteiger partial charge >= 0.3 is 0 Å². The molecule has 0 aliphatic heterocycles. The normalized spacial score (nSPS) is 10.7. The SMILES string of the molecule is O=[N+]([O-])c1cc2nsnc2cc1-c1ccccc1. The van der Waals surface area contributed by atoms with Crippen LogP contribution < -0.4 is 0 Å². The van der Waals surface area contributed by atoms with E-state index in [1.54, 1.807) is 6.07 Å². The maximum Gasteiger partial charge on any atom is 0.279 e. The first kappa shape index (κ1) is 10.8. The molecule has 0 saturated carbocycles. The molecule has 3 aromatic rings. The van der Waals surface area contributed by atoms with Crippen LogP contribution in [-0.4, -0.2) is 13.7 Å². The maximum absolute atomic E-state index is 11.1. The highest BCUT2D eigenvalue weighted by atomic mass is 32.1. The third-order valence-corrected chi connectivity index (χ3v) is 3.21. The van der Waals surface area contributed by atoms with Crippen molar-refractivity contribution in [3.05, 3.63) is 52.6 Å². The standard InChI is InChI=1S/C12H7N3O2S/c16-15(17)12-7-11-10(13-18-14-11)6-9(12)8-4-2-1-3-5-8/h1-7H. The van der Waals surface area contributed by atoms with E-state index in [1.807, 2.05) is 30.3 Å². The van der Waals surface area contributed by atoms with Crippen molar-refractivity contribution >= 4 is 28.4 Å². The Bertz CT molecular complexity index is 725. The van der Waals surface area contributed by atoms with Crippen molar-refractivity contribution in [1.29, 1.82) is 0 Å². The first-order chi connectivity index (χ1) is 8.75. The highest BCUT2D eigenvalue weighted by Gasteiger charge is 2.18. The average Bonchev–Trinajstić information content (AvgIpc) is 2.85. The number of nitro benzene ring substituents is 1. The van der Waals surface area contributed by atoms with Crippen LogP contribution in [0.4, 0.5) is 5.69 Å². The zero-order valence-electron chi connectivity index (χ0n) is 9.11. The van der Waals surface area contributed by atoms with Crippen molar-refractivity contribution in [3.8, 4) is 11.1 Å². The summed E-state index contributed by atoms with van der Waals surface area (Å²) in [6, 6.07) is 12.4. The second-order valence-electron chi connectivity index (χ2n) is 3.75. The molecule has 1 heterocycles. The van der Waals surface area contributed by atoms with E-state index in [0.29, 0.717) is 16.6 Å². The largest absolute Gasteiger partial charge is 0.279 e. The fourth-order valence-electron chi connectivity index (χ4n) is 1.82. The number of fused-ring (bicyclic) bond motifs is 1. The summed E-state index contributed by atoms with van der Waals surface area (Å²) in [4.78, 5) is 10.7. The lowest BCUT2D eigenvalue weighted by atomic mass is 10.0. The molecule has 0 unspecified atom stereocenters. The molecule has 1 aromatic heterocycles. The van der Waals surface area contributed by atoms with Crippen molar-refractivity contribution in [2.24, 2.45) is 0 Å². The molecule has 0 fully saturated rings. The van der Waals surface area contributed by atoms with Crippen LogP contribution in [0.15, 0.2) is 42.5 Å². The van der Waals surface area contributed by atoms with Crippen molar-refractivity contribution in [1.82, 2.24) is 8.75 Å². The first-order valence-electron chi connectivity index (χ1n) is 5.22. The molecule has 0 spiro atoms. The van der Waals surface area contributed by atoms with Gasteiger partial charge in [0, 0.05) is 6.07 Å². The van der Waals surface area contributed by atoms with Crippen molar-refractivity contribution in [3.63, 3.8) is 0 Å². The van der Waals surface area contributed by atoms with Crippen LogP contribution in [0.2, 0.25) is 0 Å². The van der Waals surface area contributed by atoms with Crippen LogP contribution in [0.3, 0.4) is 0 Å². The lowest BCUT2D eigenvalue weighted by Gasteiger charge is -2.02. The number of hydrogen-bond donors (Lipinski definition) is 0. The van der Waals surface area contributed by atoms with Gasteiger partial charge in [0.25, 0.3) is 5.69 Å². The van der Waals surface area contributed by atoms with Crippen LogP contribution in [0.1, 0.15) is 0 Å². The minimum Gasteiger partial charge on any atom is -0.258 e. The molecular formula is C12H7N3O2S. The lowest BCUT2D eigenvalue weighted by Crippen LogP contribution is -1.92. The minimum absolute atomic E-state index is 0.0569. The molecule has 0 bridgehead atoms. The maximum atomic E-state index is 11.1. The van der Waals surface area contributed by atoms with Crippen LogP contribution in [0, 0.1) is 10.1 Å². The predicted octanol–water partition coefficient (Wildman–Crippen LogP) is 3.27. The van der Waals surface area contributed by atoms with Gasteiger partial charge in [-0.1, -0.05) is 30.3 Å². The van der Waals surface area contributed by atoms with Gasteiger partial charge in [-0.05, 0) is 11.6 Å². The molecule has 6 heteroatoms. The summed E-state index contributed by atoms with van der Waals surface area (Å²) in [5, 5.41) is 11.1. The number of nitro groups is 1. The van der Waals surface area contributed by atoms with Crippen molar-refractivity contribution in [2.75, 3.05) is 0 Å². The van der Waals surface area contributed by atoms with Gasteiger partial charge in [0.05, 0.1) is 22.2 Å². The fraction of sp³-hybridized carbons (Fsp3) is 0. The molecule has 0 aliphatic carbocycles. The zero-order valence-corrected chi connectivity index (χ0v) is 9.92. The molecule has 0 atom stereocenters. The van der Waals surface area contributed by atoms with Gasteiger partial charge in [0.1, 0.15) is 11.0 Å². The topological polar surface area (TPSA) is 68.9 Å². The van der Waals surface area contributed by atoms with E-state index in [1.165, 1.54) is 6.07 Å². The van der Waals surface area contributed by atoms with E-state index >= 15 is 0 Å². The average molecular weight is 257 g/mol. The summed E-state index contributed by atoms with van der Waals surface area (Å²) in [7, 11) is 0. The first-order valence-corrected chi connectivity index (χ1v) is 5.95. The van der Waals surface area contributed by atoms with E-state index in [4.69, 9.17) is 0 Å². The van der Waals surface area contributed by atoms with Gasteiger partial charge in [-0.2, -0.15) is 8.75 Å². The Hall–Kier alpha value is -2.34. The van der Waals surface area contributed by atoms with E-state index < -0.39 is 0 Å². The van der Waals surface area contributed by atoms with Crippen molar-refractivity contribution < 1.29 is 4.92 Å². The van der Waals surface area contributed by atoms with Gasteiger partial charge in [-0.25, -0.2) is 0 Å². The molecule has 2 aromatic carbocycles. The highest BCUT2D eigenvalue weighted by molar-refractivity contribution is 7.00. The lowest BCUT2D eigenvalue weighted by molar-refractivity contribution is -0.384. The molecule has 18 heavy (non-hydrogen) atoms. The molecule has 88 valence electrons. The van der Waals surface area contributed by atoms with E-state index in [2.05, 4.69) is 8.75 Å². The summed E-state index contributed by atoms with van der Waals surface area (Å²) in [6.45, 7) is 0. The van der Waals surface area contributed by atoms with Gasteiger partial charge in [-0.3, -0.25) is 10.1 Å². The molecule has 3 rings (SSSR count). The summed E-state index contributed by atoms with van der Waals surface area (Å²) in [5.41, 5.74) is 2.68. The second kappa shape index (κ2) is 4.15. The zero-order chi connectivity index (χ0) is 12.5. The fourth-order valence-corrected chi connectivity index (χ4v) is 2.33. The molecule has 0 N–H and O–H groups in total. The number of aromatic nitrogens is 2. The van der Waals surface area contributed by atoms with E-state index in [0.717, 1.165) is 17.3 Å². The smallest absolute Gasteiger partial charge is 0.258 e. The summed E-state index contributed by atoms with van der Waals surface area (Å²) >= 11 is 1.05. The third kappa shape index (κ3) is 1.72. The molecule has 5 nitrogen and oxygen atoms in total.